The predicted molar refractivity (Wildman–Crippen MR) is 93.7 cm³/mol. The zero-order valence-electron chi connectivity index (χ0n) is 14.2. The molecule has 0 bridgehead atoms. The lowest BCUT2D eigenvalue weighted by Crippen LogP contribution is -2.55. The molecule has 136 valence electrons. The van der Waals surface area contributed by atoms with Gasteiger partial charge in [-0.3, -0.25) is 4.79 Å². The summed E-state index contributed by atoms with van der Waals surface area (Å²) in [6, 6.07) is 12.8. The van der Waals surface area contributed by atoms with E-state index in [9.17, 15) is 14.0 Å². The van der Waals surface area contributed by atoms with Crippen molar-refractivity contribution in [3.63, 3.8) is 0 Å². The number of amides is 1. The molecule has 2 aromatic carbocycles. The Morgan fingerprint density at radius 2 is 1.92 bits per heavy atom. The van der Waals surface area contributed by atoms with Crippen LogP contribution in [0.3, 0.4) is 0 Å². The lowest BCUT2D eigenvalue weighted by molar-refractivity contribution is -0.139. The van der Waals surface area contributed by atoms with Gasteiger partial charge in [0.25, 0.3) is 5.91 Å². The van der Waals surface area contributed by atoms with Gasteiger partial charge >= 0.3 is 5.97 Å². The van der Waals surface area contributed by atoms with Crippen molar-refractivity contribution in [2.45, 2.75) is 31.2 Å². The first-order valence-electron chi connectivity index (χ1n) is 8.47. The second-order valence-corrected chi connectivity index (χ2v) is 6.60. The van der Waals surface area contributed by atoms with Crippen LogP contribution < -0.4 is 10.1 Å². The van der Waals surface area contributed by atoms with Crippen molar-refractivity contribution in [1.82, 2.24) is 5.32 Å². The number of ether oxygens (including phenoxy) is 1. The summed E-state index contributed by atoms with van der Waals surface area (Å²) in [5.74, 6) is -1.29. The highest BCUT2D eigenvalue weighted by atomic mass is 19.1. The molecule has 0 unspecified atom stereocenters. The summed E-state index contributed by atoms with van der Waals surface area (Å²) in [4.78, 5) is 23.2. The highest BCUT2D eigenvalue weighted by Crippen LogP contribution is 2.35. The van der Waals surface area contributed by atoms with Gasteiger partial charge in [-0.2, -0.15) is 0 Å². The zero-order chi connectivity index (χ0) is 18.6. The van der Waals surface area contributed by atoms with Crippen molar-refractivity contribution < 1.29 is 23.8 Å². The van der Waals surface area contributed by atoms with Crippen molar-refractivity contribution in [3.8, 4) is 5.75 Å². The highest BCUT2D eigenvalue weighted by molar-refractivity contribution is 5.95. The quantitative estimate of drug-likeness (QED) is 0.798. The number of hydrogen-bond acceptors (Lipinski definition) is 3. The number of benzene rings is 2. The number of halogens is 1. The summed E-state index contributed by atoms with van der Waals surface area (Å²) in [6.07, 6.45) is 3.26. The summed E-state index contributed by atoms with van der Waals surface area (Å²) in [7, 11) is 0. The number of carbonyl (C=O) groups excluding carboxylic acids is 1. The standard InChI is InChI=1S/C20H20FNO4/c21-16-6-1-4-14(10-16)12-20(8-3-9-20)22-19(25)15-5-2-7-17(11-15)26-13-18(23)24/h1-2,4-7,10-11H,3,8-9,12-13H2,(H,22,25)(H,23,24). The first-order valence-corrected chi connectivity index (χ1v) is 8.47. The summed E-state index contributed by atoms with van der Waals surface area (Å²) < 4.78 is 18.5. The van der Waals surface area contributed by atoms with E-state index in [0.29, 0.717) is 17.7 Å². The fourth-order valence-corrected chi connectivity index (χ4v) is 3.17. The molecule has 0 aromatic heterocycles. The van der Waals surface area contributed by atoms with Crippen LogP contribution in [0.15, 0.2) is 48.5 Å². The van der Waals surface area contributed by atoms with E-state index in [2.05, 4.69) is 5.32 Å². The van der Waals surface area contributed by atoms with Crippen LogP contribution in [0.25, 0.3) is 0 Å². The van der Waals surface area contributed by atoms with Gasteiger partial charge in [0.05, 0.1) is 0 Å². The van der Waals surface area contributed by atoms with Gasteiger partial charge in [-0.15, -0.1) is 0 Å². The molecule has 1 aliphatic carbocycles. The first kappa shape index (κ1) is 17.9. The fraction of sp³-hybridized carbons (Fsp3) is 0.300. The normalized spacial score (nSPS) is 15.0. The number of nitrogens with one attached hydrogen (secondary N) is 1. The zero-order valence-corrected chi connectivity index (χ0v) is 14.2. The lowest BCUT2D eigenvalue weighted by Gasteiger charge is -2.43. The number of carbonyl (C=O) groups is 2. The first-order chi connectivity index (χ1) is 12.5. The fourth-order valence-electron chi connectivity index (χ4n) is 3.17. The number of rotatable bonds is 7. The number of carboxylic acids is 1. The molecule has 0 radical (unpaired) electrons. The van der Waals surface area contributed by atoms with E-state index in [-0.39, 0.29) is 17.3 Å². The Balaban J connectivity index is 1.69. The van der Waals surface area contributed by atoms with E-state index in [0.717, 1.165) is 24.8 Å². The molecule has 0 heterocycles. The molecule has 5 nitrogen and oxygen atoms in total. The summed E-state index contributed by atoms with van der Waals surface area (Å²) in [6.45, 7) is -0.464. The van der Waals surface area contributed by atoms with Crippen molar-refractivity contribution in [2.24, 2.45) is 0 Å². The molecule has 2 aromatic rings. The van der Waals surface area contributed by atoms with Crippen molar-refractivity contribution >= 4 is 11.9 Å². The lowest BCUT2D eigenvalue weighted by atomic mass is 9.72. The number of hydrogen-bond donors (Lipinski definition) is 2. The minimum Gasteiger partial charge on any atom is -0.482 e. The molecule has 2 N–H and O–H groups in total. The smallest absolute Gasteiger partial charge is 0.341 e. The molecule has 1 aliphatic rings. The summed E-state index contributed by atoms with van der Waals surface area (Å²) in [5.41, 5.74) is 0.880. The second kappa shape index (κ2) is 7.56. The minimum atomic E-state index is -1.08. The van der Waals surface area contributed by atoms with E-state index in [1.807, 2.05) is 6.07 Å². The van der Waals surface area contributed by atoms with Crippen LogP contribution in [0, 0.1) is 5.82 Å². The van der Waals surface area contributed by atoms with E-state index in [1.54, 1.807) is 24.3 Å². The van der Waals surface area contributed by atoms with Crippen LogP contribution in [0.4, 0.5) is 4.39 Å². The van der Waals surface area contributed by atoms with Gasteiger partial charge in [-0.25, -0.2) is 9.18 Å². The van der Waals surface area contributed by atoms with E-state index in [1.165, 1.54) is 18.2 Å². The average molecular weight is 357 g/mol. The largest absolute Gasteiger partial charge is 0.482 e. The molecule has 26 heavy (non-hydrogen) atoms. The van der Waals surface area contributed by atoms with E-state index < -0.39 is 12.6 Å². The SMILES string of the molecule is O=C(O)COc1cccc(C(=O)NC2(Cc3cccc(F)c3)CCC2)c1. The Morgan fingerprint density at radius 1 is 1.15 bits per heavy atom. The summed E-state index contributed by atoms with van der Waals surface area (Å²) in [5, 5.41) is 11.7. The molecule has 1 amide bonds. The molecular formula is C20H20FNO4. The third kappa shape index (κ3) is 4.39. The number of aliphatic carboxylic acids is 1. The third-order valence-corrected chi connectivity index (χ3v) is 4.58. The van der Waals surface area contributed by atoms with Crippen LogP contribution in [0.5, 0.6) is 5.75 Å². The molecule has 1 saturated carbocycles. The maximum absolute atomic E-state index is 13.4. The van der Waals surface area contributed by atoms with Gasteiger partial charge in [-0.1, -0.05) is 18.2 Å². The topological polar surface area (TPSA) is 75.6 Å². The maximum atomic E-state index is 13.4. The van der Waals surface area contributed by atoms with Gasteiger partial charge in [0.2, 0.25) is 0 Å². The van der Waals surface area contributed by atoms with Crippen LogP contribution in [-0.2, 0) is 11.2 Å². The monoisotopic (exact) mass is 357 g/mol. The molecule has 0 saturated heterocycles. The Bertz CT molecular complexity index is 817. The van der Waals surface area contributed by atoms with Crippen LogP contribution in [0.1, 0.15) is 35.2 Å². The van der Waals surface area contributed by atoms with E-state index in [4.69, 9.17) is 9.84 Å². The van der Waals surface area contributed by atoms with Gasteiger partial charge in [0, 0.05) is 11.1 Å². The van der Waals surface area contributed by atoms with Gasteiger partial charge in [0.15, 0.2) is 6.61 Å². The average Bonchev–Trinajstić information content (AvgIpc) is 2.58. The Kier molecular flexibility index (Phi) is 5.21. The van der Waals surface area contributed by atoms with E-state index >= 15 is 0 Å². The highest BCUT2D eigenvalue weighted by Gasteiger charge is 2.38. The second-order valence-electron chi connectivity index (χ2n) is 6.60. The summed E-state index contributed by atoms with van der Waals surface area (Å²) >= 11 is 0. The molecule has 3 rings (SSSR count). The van der Waals surface area contributed by atoms with Crippen molar-refractivity contribution in [2.75, 3.05) is 6.61 Å². The van der Waals surface area contributed by atoms with Crippen molar-refractivity contribution in [3.05, 3.63) is 65.5 Å². The molecule has 0 spiro atoms. The Labute approximate surface area is 150 Å². The molecule has 1 fully saturated rings. The minimum absolute atomic E-state index is 0.248. The predicted octanol–water partition coefficient (Wildman–Crippen LogP) is 3.18. The van der Waals surface area contributed by atoms with Gasteiger partial charge < -0.3 is 15.2 Å². The Morgan fingerprint density at radius 3 is 2.58 bits per heavy atom. The van der Waals surface area contributed by atoms with Gasteiger partial charge in [-0.05, 0) is 61.6 Å². The van der Waals surface area contributed by atoms with Gasteiger partial charge in [0.1, 0.15) is 11.6 Å². The van der Waals surface area contributed by atoms with Crippen LogP contribution in [0.2, 0.25) is 0 Å². The third-order valence-electron chi connectivity index (χ3n) is 4.58. The van der Waals surface area contributed by atoms with Crippen LogP contribution in [-0.4, -0.2) is 29.1 Å². The maximum Gasteiger partial charge on any atom is 0.341 e. The van der Waals surface area contributed by atoms with Crippen LogP contribution >= 0.6 is 0 Å². The molecule has 6 heteroatoms. The number of carboxylic acid groups (broad SMARTS) is 1. The Hall–Kier alpha value is -2.89. The molecule has 0 atom stereocenters. The molecular weight excluding hydrogens is 337 g/mol. The molecule has 0 aliphatic heterocycles. The van der Waals surface area contributed by atoms with Crippen molar-refractivity contribution in [1.29, 1.82) is 0 Å².